The molecule has 0 aliphatic heterocycles. The molecule has 0 N–H and O–H groups in total. The molecule has 0 saturated carbocycles. The van der Waals surface area contributed by atoms with Crippen LogP contribution in [0.4, 0.5) is 0 Å². The molecule has 0 spiro atoms. The number of hydrogen-bond acceptors (Lipinski definition) is 2. The predicted molar refractivity (Wildman–Crippen MR) is 45.0 cm³/mol. The lowest BCUT2D eigenvalue weighted by atomic mass is 10.2. The minimum absolute atomic E-state index is 0.512. The summed E-state index contributed by atoms with van der Waals surface area (Å²) in [5.41, 5.74) is 1.44. The first kappa shape index (κ1) is 9.64. The van der Waals surface area contributed by atoms with Gasteiger partial charge in [-0.25, -0.2) is 4.98 Å². The van der Waals surface area contributed by atoms with Crippen LogP contribution in [0, 0.1) is 18.3 Å². The van der Waals surface area contributed by atoms with Crippen molar-refractivity contribution in [3.63, 3.8) is 0 Å². The summed E-state index contributed by atoms with van der Waals surface area (Å²) in [4.78, 5) is 3.84. The maximum Gasteiger partial charge on any atom is 0.143 e. The van der Waals surface area contributed by atoms with Crippen molar-refractivity contribution in [2.24, 2.45) is 0 Å². The van der Waals surface area contributed by atoms with Gasteiger partial charge in [-0.2, -0.15) is 5.26 Å². The van der Waals surface area contributed by atoms with Gasteiger partial charge in [0, 0.05) is 6.20 Å². The quantitative estimate of drug-likeness (QED) is 0.566. The fourth-order valence-electron chi connectivity index (χ4n) is 0.603. The van der Waals surface area contributed by atoms with Gasteiger partial charge >= 0.3 is 0 Å². The van der Waals surface area contributed by atoms with E-state index in [1.807, 2.05) is 39.0 Å². The number of aromatic nitrogens is 1. The Labute approximate surface area is 67.5 Å². The second-order valence-electron chi connectivity index (χ2n) is 1.78. The number of aryl methyl sites for hydroxylation is 1. The van der Waals surface area contributed by atoms with Crippen LogP contribution in [0.3, 0.4) is 0 Å². The Bertz CT molecular complexity index is 248. The highest BCUT2D eigenvalue weighted by atomic mass is 14.7. The monoisotopic (exact) mass is 148 g/mol. The minimum Gasteiger partial charge on any atom is -0.245 e. The standard InChI is InChI=1S/C7H6N2.C2H6/c1-6-3-2-4-9-7(6)5-8;1-2/h2-4H,1H3;1-2H3. The molecule has 0 bridgehead atoms. The summed E-state index contributed by atoms with van der Waals surface area (Å²) in [6.07, 6.45) is 1.62. The van der Waals surface area contributed by atoms with E-state index >= 15 is 0 Å². The Morgan fingerprint density at radius 3 is 2.45 bits per heavy atom. The molecule has 1 aromatic heterocycles. The zero-order chi connectivity index (χ0) is 8.69. The van der Waals surface area contributed by atoms with Crippen LogP contribution < -0.4 is 0 Å². The summed E-state index contributed by atoms with van der Waals surface area (Å²) in [5, 5.41) is 8.41. The van der Waals surface area contributed by atoms with Crippen molar-refractivity contribution in [1.29, 1.82) is 5.26 Å². The highest BCUT2D eigenvalue weighted by Gasteiger charge is 1.91. The van der Waals surface area contributed by atoms with E-state index in [-0.39, 0.29) is 0 Å². The lowest BCUT2D eigenvalue weighted by Gasteiger charge is -1.89. The minimum atomic E-state index is 0.512. The normalized spacial score (nSPS) is 7.45. The molecule has 1 heterocycles. The van der Waals surface area contributed by atoms with Gasteiger partial charge in [0.1, 0.15) is 11.8 Å². The van der Waals surface area contributed by atoms with Crippen molar-refractivity contribution in [3.05, 3.63) is 29.6 Å². The molecule has 2 nitrogen and oxygen atoms in total. The maximum absolute atomic E-state index is 8.41. The van der Waals surface area contributed by atoms with Crippen molar-refractivity contribution >= 4 is 0 Å². The zero-order valence-corrected chi connectivity index (χ0v) is 7.13. The van der Waals surface area contributed by atoms with Crippen LogP contribution >= 0.6 is 0 Å². The van der Waals surface area contributed by atoms with E-state index in [4.69, 9.17) is 5.26 Å². The third kappa shape index (κ3) is 2.81. The van der Waals surface area contributed by atoms with Gasteiger partial charge in [-0.15, -0.1) is 0 Å². The topological polar surface area (TPSA) is 36.7 Å². The SMILES string of the molecule is CC.Cc1cccnc1C#N. The molecule has 11 heavy (non-hydrogen) atoms. The van der Waals surface area contributed by atoms with E-state index in [2.05, 4.69) is 4.98 Å². The number of rotatable bonds is 0. The molecule has 0 aliphatic carbocycles. The second-order valence-corrected chi connectivity index (χ2v) is 1.78. The van der Waals surface area contributed by atoms with E-state index in [0.717, 1.165) is 5.56 Å². The van der Waals surface area contributed by atoms with Crippen LogP contribution in [-0.4, -0.2) is 4.98 Å². The largest absolute Gasteiger partial charge is 0.245 e. The Morgan fingerprint density at radius 2 is 2.09 bits per heavy atom. The molecule has 58 valence electrons. The molecule has 0 unspecified atom stereocenters. The van der Waals surface area contributed by atoms with Gasteiger partial charge < -0.3 is 0 Å². The molecule has 0 fully saturated rings. The lowest BCUT2D eigenvalue weighted by Crippen LogP contribution is -1.83. The summed E-state index contributed by atoms with van der Waals surface area (Å²) in [6.45, 7) is 5.87. The number of nitrogens with zero attached hydrogens (tertiary/aromatic N) is 2. The molecule has 1 rings (SSSR count). The summed E-state index contributed by atoms with van der Waals surface area (Å²) in [6, 6.07) is 5.67. The van der Waals surface area contributed by atoms with E-state index in [1.54, 1.807) is 6.20 Å². The maximum atomic E-state index is 8.41. The van der Waals surface area contributed by atoms with E-state index in [0.29, 0.717) is 5.69 Å². The van der Waals surface area contributed by atoms with Gasteiger partial charge in [0.2, 0.25) is 0 Å². The number of hydrogen-bond donors (Lipinski definition) is 0. The van der Waals surface area contributed by atoms with Crippen LogP contribution in [0.5, 0.6) is 0 Å². The molecule has 0 saturated heterocycles. The fraction of sp³-hybridized carbons (Fsp3) is 0.333. The molecular formula is C9H12N2. The van der Waals surface area contributed by atoms with E-state index in [1.165, 1.54) is 0 Å². The zero-order valence-electron chi connectivity index (χ0n) is 7.13. The van der Waals surface area contributed by atoms with Gasteiger partial charge in [0.15, 0.2) is 0 Å². The molecule has 0 aromatic carbocycles. The smallest absolute Gasteiger partial charge is 0.143 e. The molecule has 0 amide bonds. The fourth-order valence-corrected chi connectivity index (χ4v) is 0.603. The third-order valence-corrected chi connectivity index (χ3v) is 1.12. The van der Waals surface area contributed by atoms with E-state index < -0.39 is 0 Å². The van der Waals surface area contributed by atoms with Gasteiger partial charge in [0.25, 0.3) is 0 Å². The average Bonchev–Trinajstić information content (AvgIpc) is 2.09. The molecule has 0 radical (unpaired) electrons. The van der Waals surface area contributed by atoms with Gasteiger partial charge in [-0.05, 0) is 18.6 Å². The number of pyridine rings is 1. The number of nitriles is 1. The van der Waals surface area contributed by atoms with Crippen LogP contribution in [-0.2, 0) is 0 Å². The molecular weight excluding hydrogens is 136 g/mol. The first-order chi connectivity index (χ1) is 5.34. The van der Waals surface area contributed by atoms with Gasteiger partial charge in [0.05, 0.1) is 0 Å². The highest BCUT2D eigenvalue weighted by Crippen LogP contribution is 1.99. The summed E-state index contributed by atoms with van der Waals surface area (Å²) < 4.78 is 0. The highest BCUT2D eigenvalue weighted by molar-refractivity contribution is 5.28. The second kappa shape index (κ2) is 5.43. The Hall–Kier alpha value is -1.36. The predicted octanol–water partition coefficient (Wildman–Crippen LogP) is 2.29. The van der Waals surface area contributed by atoms with Crippen LogP contribution in [0.1, 0.15) is 25.1 Å². The summed E-state index contributed by atoms with van der Waals surface area (Å²) >= 11 is 0. The summed E-state index contributed by atoms with van der Waals surface area (Å²) in [5.74, 6) is 0. The van der Waals surface area contributed by atoms with E-state index in [9.17, 15) is 0 Å². The molecule has 0 aliphatic rings. The Morgan fingerprint density at radius 1 is 1.45 bits per heavy atom. The van der Waals surface area contributed by atoms with Crippen LogP contribution in [0.25, 0.3) is 0 Å². The third-order valence-electron chi connectivity index (χ3n) is 1.12. The van der Waals surface area contributed by atoms with Crippen molar-refractivity contribution in [3.8, 4) is 6.07 Å². The first-order valence-corrected chi connectivity index (χ1v) is 3.66. The molecule has 1 aromatic rings. The van der Waals surface area contributed by atoms with Crippen LogP contribution in [0.15, 0.2) is 18.3 Å². The van der Waals surface area contributed by atoms with Crippen LogP contribution in [0.2, 0.25) is 0 Å². The first-order valence-electron chi connectivity index (χ1n) is 3.66. The average molecular weight is 148 g/mol. The Balaban J connectivity index is 0.000000461. The Kier molecular flexibility index (Phi) is 4.76. The van der Waals surface area contributed by atoms with Gasteiger partial charge in [-0.1, -0.05) is 19.9 Å². The summed E-state index contributed by atoms with van der Waals surface area (Å²) in [7, 11) is 0. The van der Waals surface area contributed by atoms with Gasteiger partial charge in [-0.3, -0.25) is 0 Å². The van der Waals surface area contributed by atoms with Crippen molar-refractivity contribution in [2.75, 3.05) is 0 Å². The van der Waals surface area contributed by atoms with Crippen molar-refractivity contribution < 1.29 is 0 Å². The lowest BCUT2D eigenvalue weighted by molar-refractivity contribution is 1.21. The van der Waals surface area contributed by atoms with Crippen molar-refractivity contribution in [1.82, 2.24) is 4.98 Å². The van der Waals surface area contributed by atoms with Crippen molar-refractivity contribution in [2.45, 2.75) is 20.8 Å². The molecule has 2 heteroatoms. The molecule has 0 atom stereocenters.